The molecule has 1 saturated heterocycles. The summed E-state index contributed by atoms with van der Waals surface area (Å²) in [6.45, 7) is 1.04. The zero-order chi connectivity index (χ0) is 11.0. The molecule has 4 nitrogen and oxygen atoms in total. The molecule has 1 fully saturated rings. The molecule has 1 N–H and O–H groups in total. The SMILES string of the molecule is Cn1c(Br)c(C2CCCCN2)n(C)c1=O. The molecule has 1 aromatic heterocycles. The van der Waals surface area contributed by atoms with E-state index >= 15 is 0 Å². The van der Waals surface area contributed by atoms with Crippen molar-refractivity contribution >= 4 is 15.9 Å². The van der Waals surface area contributed by atoms with Gasteiger partial charge in [-0.3, -0.25) is 9.13 Å². The number of halogens is 1. The Morgan fingerprint density at radius 3 is 2.53 bits per heavy atom. The van der Waals surface area contributed by atoms with Gasteiger partial charge in [0.2, 0.25) is 0 Å². The second-order valence-electron chi connectivity index (χ2n) is 4.08. The minimum absolute atomic E-state index is 0.0317. The predicted molar refractivity (Wildman–Crippen MR) is 62.9 cm³/mol. The Bertz CT molecular complexity index is 415. The molecule has 0 bridgehead atoms. The Morgan fingerprint density at radius 2 is 2.07 bits per heavy atom. The number of piperidine rings is 1. The molecule has 15 heavy (non-hydrogen) atoms. The van der Waals surface area contributed by atoms with Crippen LogP contribution in [0.15, 0.2) is 9.40 Å². The first-order valence-electron chi connectivity index (χ1n) is 5.27. The fraction of sp³-hybridized carbons (Fsp3) is 0.700. The van der Waals surface area contributed by atoms with Gasteiger partial charge in [0.05, 0.1) is 11.7 Å². The van der Waals surface area contributed by atoms with Gasteiger partial charge in [0, 0.05) is 14.1 Å². The van der Waals surface area contributed by atoms with Gasteiger partial charge < -0.3 is 5.32 Å². The number of nitrogens with zero attached hydrogens (tertiary/aromatic N) is 2. The van der Waals surface area contributed by atoms with Gasteiger partial charge in [-0.25, -0.2) is 4.79 Å². The summed E-state index contributed by atoms with van der Waals surface area (Å²) in [5.41, 5.74) is 1.10. The number of nitrogens with one attached hydrogen (secondary N) is 1. The Hall–Kier alpha value is -0.550. The molecular formula is C10H16BrN3O. The molecule has 0 spiro atoms. The van der Waals surface area contributed by atoms with E-state index in [0.717, 1.165) is 23.3 Å². The van der Waals surface area contributed by atoms with E-state index in [2.05, 4.69) is 21.2 Å². The lowest BCUT2D eigenvalue weighted by Gasteiger charge is -2.23. The number of aromatic nitrogens is 2. The van der Waals surface area contributed by atoms with Crippen molar-refractivity contribution in [1.29, 1.82) is 0 Å². The van der Waals surface area contributed by atoms with Gasteiger partial charge >= 0.3 is 5.69 Å². The van der Waals surface area contributed by atoms with E-state index in [1.807, 2.05) is 7.05 Å². The molecule has 1 aliphatic heterocycles. The highest BCUT2D eigenvalue weighted by atomic mass is 79.9. The zero-order valence-electron chi connectivity index (χ0n) is 9.09. The number of imidazole rings is 1. The quantitative estimate of drug-likeness (QED) is 0.838. The Morgan fingerprint density at radius 1 is 1.33 bits per heavy atom. The fourth-order valence-electron chi connectivity index (χ4n) is 2.18. The molecule has 2 rings (SSSR count). The van der Waals surface area contributed by atoms with Gasteiger partial charge in [0.25, 0.3) is 0 Å². The van der Waals surface area contributed by atoms with E-state index < -0.39 is 0 Å². The molecule has 0 saturated carbocycles. The lowest BCUT2D eigenvalue weighted by Crippen LogP contribution is -2.30. The minimum Gasteiger partial charge on any atom is -0.309 e. The minimum atomic E-state index is 0.0317. The van der Waals surface area contributed by atoms with Gasteiger partial charge in [-0.1, -0.05) is 6.42 Å². The van der Waals surface area contributed by atoms with Crippen molar-refractivity contribution in [3.05, 3.63) is 20.8 Å². The maximum absolute atomic E-state index is 11.7. The van der Waals surface area contributed by atoms with Gasteiger partial charge in [-0.15, -0.1) is 0 Å². The highest BCUT2D eigenvalue weighted by Gasteiger charge is 2.23. The van der Waals surface area contributed by atoms with Crippen molar-refractivity contribution in [1.82, 2.24) is 14.5 Å². The normalized spacial score (nSPS) is 21.9. The smallest absolute Gasteiger partial charge is 0.309 e. The first kappa shape index (κ1) is 11.0. The average Bonchev–Trinajstić information content (AvgIpc) is 2.45. The molecule has 1 aromatic rings. The molecule has 0 amide bonds. The van der Waals surface area contributed by atoms with Crippen molar-refractivity contribution in [3.8, 4) is 0 Å². The van der Waals surface area contributed by atoms with Crippen LogP contribution in [-0.2, 0) is 14.1 Å². The van der Waals surface area contributed by atoms with E-state index in [9.17, 15) is 4.79 Å². The molecule has 84 valence electrons. The van der Waals surface area contributed by atoms with Crippen LogP contribution in [0.2, 0.25) is 0 Å². The molecule has 0 aliphatic carbocycles. The van der Waals surface area contributed by atoms with E-state index in [0.29, 0.717) is 6.04 Å². The summed E-state index contributed by atoms with van der Waals surface area (Å²) in [5, 5.41) is 3.45. The zero-order valence-corrected chi connectivity index (χ0v) is 10.7. The van der Waals surface area contributed by atoms with Crippen LogP contribution in [0.5, 0.6) is 0 Å². The topological polar surface area (TPSA) is 39.0 Å². The highest BCUT2D eigenvalue weighted by molar-refractivity contribution is 9.10. The summed E-state index contributed by atoms with van der Waals surface area (Å²) < 4.78 is 4.27. The molecule has 1 aliphatic rings. The highest BCUT2D eigenvalue weighted by Crippen LogP contribution is 2.27. The van der Waals surface area contributed by atoms with E-state index in [1.54, 1.807) is 16.2 Å². The van der Waals surface area contributed by atoms with Crippen LogP contribution in [0.3, 0.4) is 0 Å². The van der Waals surface area contributed by atoms with Gasteiger partial charge in [0.1, 0.15) is 4.60 Å². The number of rotatable bonds is 1. The molecule has 1 unspecified atom stereocenters. The standard InChI is InChI=1S/C10H16BrN3O/c1-13-8(7-5-3-4-6-12-7)9(11)14(2)10(13)15/h7,12H,3-6H2,1-2H3. The fourth-order valence-corrected chi connectivity index (χ4v) is 2.88. The van der Waals surface area contributed by atoms with Crippen LogP contribution in [0.4, 0.5) is 0 Å². The maximum atomic E-state index is 11.7. The first-order valence-corrected chi connectivity index (χ1v) is 6.06. The molecule has 1 atom stereocenters. The summed E-state index contributed by atoms with van der Waals surface area (Å²) in [6.07, 6.45) is 3.57. The predicted octanol–water partition coefficient (Wildman–Crippen LogP) is 1.30. The average molecular weight is 274 g/mol. The van der Waals surface area contributed by atoms with Crippen molar-refractivity contribution in [2.45, 2.75) is 25.3 Å². The van der Waals surface area contributed by atoms with Crippen molar-refractivity contribution < 1.29 is 0 Å². The van der Waals surface area contributed by atoms with Crippen LogP contribution >= 0.6 is 15.9 Å². The Balaban J connectivity index is 2.42. The molecule has 5 heteroatoms. The molecule has 0 radical (unpaired) electrons. The third-order valence-corrected chi connectivity index (χ3v) is 4.02. The van der Waals surface area contributed by atoms with Crippen LogP contribution in [-0.4, -0.2) is 15.7 Å². The number of hydrogen-bond acceptors (Lipinski definition) is 2. The van der Waals surface area contributed by atoms with Crippen LogP contribution in [0.1, 0.15) is 31.0 Å². The lowest BCUT2D eigenvalue weighted by molar-refractivity contribution is 0.396. The Kier molecular flexibility index (Phi) is 3.02. The van der Waals surface area contributed by atoms with Crippen molar-refractivity contribution in [3.63, 3.8) is 0 Å². The summed E-state index contributed by atoms with van der Waals surface area (Å²) >= 11 is 3.49. The number of hydrogen-bond donors (Lipinski definition) is 1. The van der Waals surface area contributed by atoms with Gasteiger partial charge in [-0.2, -0.15) is 0 Å². The summed E-state index contributed by atoms with van der Waals surface area (Å²) in [5.74, 6) is 0. The maximum Gasteiger partial charge on any atom is 0.328 e. The van der Waals surface area contributed by atoms with Crippen LogP contribution in [0.25, 0.3) is 0 Å². The van der Waals surface area contributed by atoms with Crippen molar-refractivity contribution in [2.24, 2.45) is 14.1 Å². The van der Waals surface area contributed by atoms with E-state index in [1.165, 1.54) is 12.8 Å². The van der Waals surface area contributed by atoms with E-state index in [4.69, 9.17) is 0 Å². The van der Waals surface area contributed by atoms with E-state index in [-0.39, 0.29) is 5.69 Å². The van der Waals surface area contributed by atoms with Crippen LogP contribution in [0, 0.1) is 0 Å². The third kappa shape index (κ3) is 1.78. The van der Waals surface area contributed by atoms with Crippen molar-refractivity contribution in [2.75, 3.05) is 6.54 Å². The summed E-state index contributed by atoms with van der Waals surface area (Å²) in [6, 6.07) is 0.312. The monoisotopic (exact) mass is 273 g/mol. The largest absolute Gasteiger partial charge is 0.328 e. The molecule has 0 aromatic carbocycles. The summed E-state index contributed by atoms with van der Waals surface area (Å²) in [7, 11) is 3.62. The summed E-state index contributed by atoms with van der Waals surface area (Å²) in [4.78, 5) is 11.7. The molecular weight excluding hydrogens is 258 g/mol. The second kappa shape index (κ2) is 4.14. The van der Waals surface area contributed by atoms with Gasteiger partial charge in [-0.05, 0) is 35.3 Å². The Labute approximate surface area is 97.4 Å². The first-order chi connectivity index (χ1) is 7.13. The lowest BCUT2D eigenvalue weighted by atomic mass is 10.0. The second-order valence-corrected chi connectivity index (χ2v) is 4.83. The molecule has 2 heterocycles. The van der Waals surface area contributed by atoms with Crippen LogP contribution < -0.4 is 11.0 Å². The van der Waals surface area contributed by atoms with Gasteiger partial charge in [0.15, 0.2) is 0 Å². The third-order valence-electron chi connectivity index (χ3n) is 3.08.